The first-order valence-electron chi connectivity index (χ1n) is 5.40. The number of nitrogens with one attached hydrogen (secondary N) is 1. The molecule has 0 aliphatic carbocycles. The molecule has 1 N–H and O–H groups in total. The summed E-state index contributed by atoms with van der Waals surface area (Å²) in [5.41, 5.74) is 2.11. The number of esters is 1. The highest BCUT2D eigenvalue weighted by molar-refractivity contribution is 6.80. The summed E-state index contributed by atoms with van der Waals surface area (Å²) in [6, 6.07) is -0.694. The van der Waals surface area contributed by atoms with Gasteiger partial charge in [0.25, 0.3) is 0 Å². The van der Waals surface area contributed by atoms with Gasteiger partial charge in [-0.1, -0.05) is 31.4 Å². The van der Waals surface area contributed by atoms with Crippen molar-refractivity contribution in [1.29, 1.82) is 0 Å². The van der Waals surface area contributed by atoms with Gasteiger partial charge in [-0.05, 0) is 6.42 Å². The Morgan fingerprint density at radius 3 is 2.24 bits per heavy atom. The van der Waals surface area contributed by atoms with E-state index >= 15 is 0 Å². The summed E-state index contributed by atoms with van der Waals surface area (Å²) in [4.78, 5) is 22.5. The molecule has 0 spiro atoms. The Labute approximate surface area is 103 Å². The highest BCUT2D eigenvalue weighted by atomic mass is 28.3. The Morgan fingerprint density at radius 2 is 1.82 bits per heavy atom. The third-order valence-corrected chi connectivity index (χ3v) is 3.19. The molecule has 5 nitrogen and oxygen atoms in total. The molecule has 17 heavy (non-hydrogen) atoms. The minimum Gasteiger partial charge on any atom is -0.467 e. The highest BCUT2D eigenvalue weighted by Gasteiger charge is 2.20. The molecule has 1 unspecified atom stereocenters. The van der Waals surface area contributed by atoms with Gasteiger partial charge in [0.05, 0.1) is 22.3 Å². The van der Waals surface area contributed by atoms with E-state index in [4.69, 9.17) is 0 Å². The predicted molar refractivity (Wildman–Crippen MR) is 68.4 cm³/mol. The summed E-state index contributed by atoms with van der Waals surface area (Å²) in [6.45, 7) is 6.55. The summed E-state index contributed by atoms with van der Waals surface area (Å²) < 4.78 is 9.06. The fourth-order valence-electron chi connectivity index (χ4n) is 1.12. The average molecular weight is 259 g/mol. The normalized spacial score (nSPS) is 13.2. The Balaban J connectivity index is 4.45. The fraction of sp³-hybridized carbons (Fsp3) is 0.636. The zero-order valence-corrected chi connectivity index (χ0v) is 12.1. The second-order valence-corrected chi connectivity index (χ2v) is 9.78. The van der Waals surface area contributed by atoms with Crippen molar-refractivity contribution in [2.75, 3.05) is 14.2 Å². The first-order valence-corrected chi connectivity index (χ1v) is 8.98. The predicted octanol–water partition coefficient (Wildman–Crippen LogP) is 1.71. The van der Waals surface area contributed by atoms with Gasteiger partial charge in [-0.25, -0.2) is 9.59 Å². The maximum absolute atomic E-state index is 11.4. The third kappa shape index (κ3) is 7.57. The van der Waals surface area contributed by atoms with Gasteiger partial charge in [0, 0.05) is 0 Å². The van der Waals surface area contributed by atoms with Gasteiger partial charge < -0.3 is 14.8 Å². The highest BCUT2D eigenvalue weighted by Crippen LogP contribution is 2.05. The van der Waals surface area contributed by atoms with E-state index in [1.54, 1.807) is 0 Å². The second-order valence-electron chi connectivity index (χ2n) is 4.72. The molecule has 0 aromatic heterocycles. The quantitative estimate of drug-likeness (QED) is 0.603. The molecule has 0 bridgehead atoms. The molecule has 0 aromatic carbocycles. The topological polar surface area (TPSA) is 64.6 Å². The molecule has 6 heteroatoms. The summed E-state index contributed by atoms with van der Waals surface area (Å²) in [6.07, 6.45) is 1.68. The van der Waals surface area contributed by atoms with Crippen molar-refractivity contribution in [2.45, 2.75) is 32.1 Å². The average Bonchev–Trinajstić information content (AvgIpc) is 2.24. The summed E-state index contributed by atoms with van der Waals surface area (Å²) in [5, 5.41) is 2.43. The Kier molecular flexibility index (Phi) is 6.56. The number of carbonyl (C=O) groups excluding carboxylic acids is 2. The van der Waals surface area contributed by atoms with Crippen molar-refractivity contribution in [2.24, 2.45) is 0 Å². The van der Waals surface area contributed by atoms with Crippen LogP contribution in [0.1, 0.15) is 6.42 Å². The van der Waals surface area contributed by atoms with Crippen molar-refractivity contribution in [3.05, 3.63) is 11.8 Å². The van der Waals surface area contributed by atoms with E-state index in [1.165, 1.54) is 14.2 Å². The minimum absolute atomic E-state index is 0.409. The molecular formula is C11H21NO4Si. The van der Waals surface area contributed by atoms with Gasteiger partial charge in [0.2, 0.25) is 0 Å². The monoisotopic (exact) mass is 259 g/mol. The summed E-state index contributed by atoms with van der Waals surface area (Å²) >= 11 is 0. The lowest BCUT2D eigenvalue weighted by Crippen LogP contribution is -2.41. The number of carbonyl (C=O) groups is 2. The van der Waals surface area contributed by atoms with Crippen molar-refractivity contribution in [3.8, 4) is 0 Å². The van der Waals surface area contributed by atoms with Gasteiger partial charge >= 0.3 is 12.1 Å². The smallest absolute Gasteiger partial charge is 0.407 e. The number of hydrogen-bond acceptors (Lipinski definition) is 4. The van der Waals surface area contributed by atoms with E-state index in [0.717, 1.165) is 0 Å². The Morgan fingerprint density at radius 1 is 1.24 bits per heavy atom. The van der Waals surface area contributed by atoms with Crippen LogP contribution in [0.3, 0.4) is 0 Å². The van der Waals surface area contributed by atoms with Gasteiger partial charge in [-0.15, -0.1) is 0 Å². The zero-order valence-electron chi connectivity index (χ0n) is 11.1. The molecule has 0 aliphatic rings. The minimum atomic E-state index is -1.29. The van der Waals surface area contributed by atoms with E-state index in [1.807, 2.05) is 6.08 Å². The standard InChI is InChI=1S/C11H21NO4Si/c1-15-10(13)9(12-11(14)16-2)7-6-8-17(3,4)5/h6,8-9H,7H2,1-5H3,(H,12,14)/b8-6-. The van der Waals surface area contributed by atoms with E-state index in [0.29, 0.717) is 6.42 Å². The van der Waals surface area contributed by atoms with Crippen LogP contribution in [-0.2, 0) is 14.3 Å². The summed E-state index contributed by atoms with van der Waals surface area (Å²) in [5.74, 6) is -0.476. The van der Waals surface area contributed by atoms with Crippen molar-refractivity contribution in [1.82, 2.24) is 5.32 Å². The molecule has 98 valence electrons. The van der Waals surface area contributed by atoms with Gasteiger partial charge in [0.15, 0.2) is 0 Å². The first-order chi connectivity index (χ1) is 7.80. The Hall–Kier alpha value is -1.30. The van der Waals surface area contributed by atoms with Crippen molar-refractivity contribution >= 4 is 20.1 Å². The van der Waals surface area contributed by atoms with Crippen LogP contribution in [0.25, 0.3) is 0 Å². The molecule has 0 heterocycles. The second kappa shape index (κ2) is 7.11. The van der Waals surface area contributed by atoms with Crippen LogP contribution in [0.4, 0.5) is 4.79 Å². The lowest BCUT2D eigenvalue weighted by Gasteiger charge is -2.14. The van der Waals surface area contributed by atoms with Crippen LogP contribution < -0.4 is 5.32 Å². The molecule has 0 aliphatic heterocycles. The third-order valence-electron chi connectivity index (χ3n) is 1.95. The molecule has 0 aromatic rings. The van der Waals surface area contributed by atoms with E-state index in [-0.39, 0.29) is 0 Å². The van der Waals surface area contributed by atoms with Gasteiger partial charge in [-0.2, -0.15) is 0 Å². The number of rotatable bonds is 5. The molecule has 0 fully saturated rings. The van der Waals surface area contributed by atoms with Crippen LogP contribution in [0.15, 0.2) is 11.8 Å². The van der Waals surface area contributed by atoms with Crippen molar-refractivity contribution in [3.63, 3.8) is 0 Å². The number of hydrogen-bond donors (Lipinski definition) is 1. The maximum Gasteiger partial charge on any atom is 0.407 e. The number of methoxy groups -OCH3 is 2. The van der Waals surface area contributed by atoms with Crippen LogP contribution in [0.2, 0.25) is 19.6 Å². The van der Waals surface area contributed by atoms with Crippen LogP contribution >= 0.6 is 0 Å². The number of alkyl carbamates (subject to hydrolysis) is 1. The molecule has 0 radical (unpaired) electrons. The molecule has 0 saturated heterocycles. The fourth-order valence-corrected chi connectivity index (χ4v) is 1.96. The van der Waals surface area contributed by atoms with E-state index < -0.39 is 26.2 Å². The molecule has 1 atom stereocenters. The van der Waals surface area contributed by atoms with Crippen LogP contribution in [-0.4, -0.2) is 40.4 Å². The lowest BCUT2D eigenvalue weighted by molar-refractivity contribution is -0.142. The maximum atomic E-state index is 11.4. The molecule has 0 saturated carbocycles. The van der Waals surface area contributed by atoms with Gasteiger partial charge in [-0.3, -0.25) is 0 Å². The van der Waals surface area contributed by atoms with E-state index in [2.05, 4.69) is 40.1 Å². The summed E-state index contributed by atoms with van der Waals surface area (Å²) in [7, 11) is 1.25. The van der Waals surface area contributed by atoms with Crippen LogP contribution in [0, 0.1) is 0 Å². The molecular weight excluding hydrogens is 238 g/mol. The van der Waals surface area contributed by atoms with Gasteiger partial charge in [0.1, 0.15) is 6.04 Å². The van der Waals surface area contributed by atoms with Crippen LogP contribution in [0.5, 0.6) is 0 Å². The largest absolute Gasteiger partial charge is 0.467 e. The first kappa shape index (κ1) is 15.7. The van der Waals surface area contributed by atoms with E-state index in [9.17, 15) is 9.59 Å². The van der Waals surface area contributed by atoms with Crippen molar-refractivity contribution < 1.29 is 19.1 Å². The number of amides is 1. The Bertz CT molecular complexity index is 296. The zero-order chi connectivity index (χ0) is 13.5. The SMILES string of the molecule is COC(=O)NC(C/C=C\[Si](C)(C)C)C(=O)OC. The molecule has 0 rings (SSSR count). The number of ether oxygens (including phenoxy) is 2. The lowest BCUT2D eigenvalue weighted by atomic mass is 10.2. The molecule has 1 amide bonds.